The van der Waals surface area contributed by atoms with Crippen molar-refractivity contribution in [2.24, 2.45) is 0 Å². The molecule has 0 bridgehead atoms. The van der Waals surface area contributed by atoms with Crippen LogP contribution in [0.15, 0.2) is 18.2 Å². The second-order valence-corrected chi connectivity index (χ2v) is 4.44. The first-order valence-electron chi connectivity index (χ1n) is 5.44. The van der Waals surface area contributed by atoms with Crippen molar-refractivity contribution in [2.45, 2.75) is 19.3 Å². The van der Waals surface area contributed by atoms with Crippen LogP contribution in [0.25, 0.3) is 0 Å². The molecule has 0 radical (unpaired) electrons. The summed E-state index contributed by atoms with van der Waals surface area (Å²) in [6.07, 6.45) is 2.58. The van der Waals surface area contributed by atoms with Crippen molar-refractivity contribution < 1.29 is 4.39 Å². The van der Waals surface area contributed by atoms with Gasteiger partial charge in [0.15, 0.2) is 0 Å². The molecule has 0 amide bonds. The number of benzene rings is 1. The maximum atomic E-state index is 13.6. The topological polar surface area (TPSA) is 27.1 Å². The van der Waals surface area contributed by atoms with Gasteiger partial charge >= 0.3 is 0 Å². The van der Waals surface area contributed by atoms with Gasteiger partial charge in [0.2, 0.25) is 0 Å². The molecule has 2 nitrogen and oxygen atoms in total. The van der Waals surface area contributed by atoms with Crippen molar-refractivity contribution in [3.63, 3.8) is 0 Å². The van der Waals surface area contributed by atoms with Crippen molar-refractivity contribution in [2.75, 3.05) is 13.1 Å². The molecule has 86 valence electrons. The zero-order valence-corrected chi connectivity index (χ0v) is 9.73. The normalized spacial score (nSPS) is 15.5. The quantitative estimate of drug-likeness (QED) is 0.624. The van der Waals surface area contributed by atoms with Crippen molar-refractivity contribution in [3.05, 3.63) is 34.6 Å². The molecule has 0 unspecified atom stereocenters. The molecule has 1 aromatic carbocycles. The summed E-state index contributed by atoms with van der Waals surface area (Å²) in [5, 5.41) is 8.04. The van der Waals surface area contributed by atoms with Crippen LogP contribution in [-0.4, -0.2) is 23.8 Å². The van der Waals surface area contributed by atoms with Crippen LogP contribution in [0.4, 0.5) is 4.39 Å². The fourth-order valence-electron chi connectivity index (χ4n) is 1.96. The fraction of sp³-hybridized carbons (Fsp3) is 0.417. The van der Waals surface area contributed by atoms with E-state index in [1.165, 1.54) is 6.07 Å². The molecule has 1 N–H and O–H groups in total. The molecule has 1 heterocycles. The summed E-state index contributed by atoms with van der Waals surface area (Å²) < 4.78 is 13.6. The Morgan fingerprint density at radius 2 is 2.06 bits per heavy atom. The van der Waals surface area contributed by atoms with Gasteiger partial charge in [0, 0.05) is 19.5 Å². The van der Waals surface area contributed by atoms with Crippen LogP contribution in [0.3, 0.4) is 0 Å². The zero-order valence-electron chi connectivity index (χ0n) is 8.97. The first-order valence-corrected chi connectivity index (χ1v) is 5.81. The van der Waals surface area contributed by atoms with Crippen molar-refractivity contribution >= 4 is 17.4 Å². The molecule has 1 fully saturated rings. The number of hydrogen-bond donors (Lipinski definition) is 1. The first kappa shape index (κ1) is 11.4. The Morgan fingerprint density at radius 1 is 1.38 bits per heavy atom. The third-order valence-corrected chi connectivity index (χ3v) is 3.17. The molecule has 1 aliphatic rings. The Labute approximate surface area is 99.5 Å². The smallest absolute Gasteiger partial charge is 0.145 e. The van der Waals surface area contributed by atoms with Crippen LogP contribution in [-0.2, 0) is 6.42 Å². The average Bonchev–Trinajstić information content (AvgIpc) is 2.78. The van der Waals surface area contributed by atoms with E-state index < -0.39 is 5.82 Å². The molecule has 2 rings (SSSR count). The summed E-state index contributed by atoms with van der Waals surface area (Å²) in [4.78, 5) is 2.00. The van der Waals surface area contributed by atoms with Crippen LogP contribution >= 0.6 is 11.6 Å². The van der Waals surface area contributed by atoms with E-state index in [1.807, 2.05) is 4.90 Å². The minimum absolute atomic E-state index is 0.131. The Bertz CT molecular complexity index is 400. The third kappa shape index (κ3) is 2.35. The highest BCUT2D eigenvalue weighted by Gasteiger charge is 2.16. The number of nitrogens with zero attached hydrogens (tertiary/aromatic N) is 1. The van der Waals surface area contributed by atoms with Crippen LogP contribution in [0.5, 0.6) is 0 Å². The molecule has 0 spiro atoms. The summed E-state index contributed by atoms with van der Waals surface area (Å²) in [6, 6.07) is 4.93. The summed E-state index contributed by atoms with van der Waals surface area (Å²) in [5.74, 6) is 0.0896. The van der Waals surface area contributed by atoms with Gasteiger partial charge < -0.3 is 4.90 Å². The van der Waals surface area contributed by atoms with Crippen LogP contribution in [0.2, 0.25) is 5.02 Å². The van der Waals surface area contributed by atoms with Crippen LogP contribution < -0.4 is 0 Å². The van der Waals surface area contributed by atoms with Gasteiger partial charge in [0.25, 0.3) is 0 Å². The molecular formula is C12H14ClFN2. The van der Waals surface area contributed by atoms with E-state index in [4.69, 9.17) is 17.0 Å². The lowest BCUT2D eigenvalue weighted by atomic mass is 10.1. The maximum Gasteiger partial charge on any atom is 0.145 e. The molecule has 1 saturated heterocycles. The van der Waals surface area contributed by atoms with Crippen molar-refractivity contribution in [1.82, 2.24) is 4.90 Å². The lowest BCUT2D eigenvalue weighted by molar-refractivity contribution is 0.504. The Hall–Kier alpha value is -1.09. The lowest BCUT2D eigenvalue weighted by Gasteiger charge is -2.18. The summed E-state index contributed by atoms with van der Waals surface area (Å²) in [7, 11) is 0. The standard InChI is InChI=1S/C12H14ClFN2/c13-10-5-3-4-9(12(10)14)8-11(15)16-6-1-2-7-16/h3-5,15H,1-2,6-8H2. The van der Waals surface area contributed by atoms with E-state index in [0.717, 1.165) is 25.9 Å². The second kappa shape index (κ2) is 4.83. The lowest BCUT2D eigenvalue weighted by Crippen LogP contribution is -2.28. The van der Waals surface area contributed by atoms with E-state index >= 15 is 0 Å². The SMILES string of the molecule is N=C(Cc1cccc(Cl)c1F)N1CCCC1. The van der Waals surface area contributed by atoms with Gasteiger partial charge in [-0.2, -0.15) is 0 Å². The zero-order chi connectivity index (χ0) is 11.5. The Kier molecular flexibility index (Phi) is 3.44. The minimum atomic E-state index is -0.395. The molecule has 0 saturated carbocycles. The monoisotopic (exact) mass is 240 g/mol. The largest absolute Gasteiger partial charge is 0.360 e. The van der Waals surface area contributed by atoms with Gasteiger partial charge in [-0.1, -0.05) is 23.7 Å². The van der Waals surface area contributed by atoms with Crippen LogP contribution in [0.1, 0.15) is 18.4 Å². The molecule has 1 aliphatic heterocycles. The maximum absolute atomic E-state index is 13.6. The van der Waals surface area contributed by atoms with Gasteiger partial charge in [0.05, 0.1) is 5.02 Å². The number of amidine groups is 1. The van der Waals surface area contributed by atoms with Gasteiger partial charge in [-0.15, -0.1) is 0 Å². The minimum Gasteiger partial charge on any atom is -0.360 e. The molecule has 1 aromatic rings. The summed E-state index contributed by atoms with van der Waals surface area (Å²) in [5.41, 5.74) is 0.504. The van der Waals surface area contributed by atoms with Crippen LogP contribution in [0, 0.1) is 11.2 Å². The Morgan fingerprint density at radius 3 is 2.75 bits per heavy atom. The third-order valence-electron chi connectivity index (χ3n) is 2.88. The van der Waals surface area contributed by atoms with E-state index in [2.05, 4.69) is 0 Å². The summed E-state index contributed by atoms with van der Waals surface area (Å²) in [6.45, 7) is 1.84. The first-order chi connectivity index (χ1) is 7.68. The van der Waals surface area contributed by atoms with E-state index in [-0.39, 0.29) is 5.02 Å². The number of halogens is 2. The average molecular weight is 241 g/mol. The van der Waals surface area contributed by atoms with Crippen molar-refractivity contribution in [1.29, 1.82) is 5.41 Å². The highest BCUT2D eigenvalue weighted by atomic mass is 35.5. The molecule has 4 heteroatoms. The molecule has 16 heavy (non-hydrogen) atoms. The van der Waals surface area contributed by atoms with Gasteiger partial charge in [-0.05, 0) is 24.5 Å². The van der Waals surface area contributed by atoms with E-state index in [0.29, 0.717) is 17.8 Å². The van der Waals surface area contributed by atoms with Gasteiger partial charge in [-0.25, -0.2) is 4.39 Å². The number of nitrogens with one attached hydrogen (secondary N) is 1. The second-order valence-electron chi connectivity index (χ2n) is 4.03. The van der Waals surface area contributed by atoms with Crippen molar-refractivity contribution in [3.8, 4) is 0 Å². The number of hydrogen-bond acceptors (Lipinski definition) is 1. The number of likely N-dealkylation sites (tertiary alicyclic amines) is 1. The fourth-order valence-corrected chi connectivity index (χ4v) is 2.16. The molecule has 0 aromatic heterocycles. The molecule has 0 aliphatic carbocycles. The van der Waals surface area contributed by atoms with E-state index in [1.54, 1.807) is 12.1 Å². The highest BCUT2D eigenvalue weighted by molar-refractivity contribution is 6.30. The predicted octanol–water partition coefficient (Wildman–Crippen LogP) is 3.09. The highest BCUT2D eigenvalue weighted by Crippen LogP contribution is 2.19. The Balaban J connectivity index is 2.08. The molecule has 0 atom stereocenters. The molecular weight excluding hydrogens is 227 g/mol. The van der Waals surface area contributed by atoms with Gasteiger partial charge in [-0.3, -0.25) is 5.41 Å². The summed E-state index contributed by atoms with van der Waals surface area (Å²) >= 11 is 5.70. The number of rotatable bonds is 2. The van der Waals surface area contributed by atoms with Gasteiger partial charge in [0.1, 0.15) is 11.7 Å². The predicted molar refractivity (Wildman–Crippen MR) is 63.6 cm³/mol. The van der Waals surface area contributed by atoms with E-state index in [9.17, 15) is 4.39 Å².